The Morgan fingerprint density at radius 1 is 0.889 bits per heavy atom. The van der Waals surface area contributed by atoms with Gasteiger partial charge in [0.1, 0.15) is 0 Å². The minimum atomic E-state index is -1.13. The highest BCUT2D eigenvalue weighted by molar-refractivity contribution is 5.92. The second-order valence-corrected chi connectivity index (χ2v) is 4.01. The molecule has 0 aliphatic carbocycles. The molecule has 0 heterocycles. The predicted molar refractivity (Wildman–Crippen MR) is 61.2 cm³/mol. The molecule has 0 fully saturated rings. The maximum absolute atomic E-state index is 11.8. The lowest BCUT2D eigenvalue weighted by molar-refractivity contribution is -0.172. The zero-order chi connectivity index (χ0) is 14.3. The fraction of sp³-hybridized carbons (Fsp3) is 0.667. The van der Waals surface area contributed by atoms with Crippen molar-refractivity contribution in [3.63, 3.8) is 0 Å². The van der Waals surface area contributed by atoms with Crippen LogP contribution in [-0.2, 0) is 28.7 Å². The molecule has 18 heavy (non-hydrogen) atoms. The molecule has 0 unspecified atom stereocenters. The van der Waals surface area contributed by atoms with Gasteiger partial charge in [-0.05, 0) is 12.8 Å². The summed E-state index contributed by atoms with van der Waals surface area (Å²) in [6.45, 7) is 5.62. The van der Waals surface area contributed by atoms with Gasteiger partial charge in [0.2, 0.25) is 0 Å². The minimum Gasteiger partial charge on any atom is -0.393 e. The van der Waals surface area contributed by atoms with Gasteiger partial charge in [0.25, 0.3) is 0 Å². The molecular weight excluding hydrogens is 240 g/mol. The van der Waals surface area contributed by atoms with Gasteiger partial charge in [-0.3, -0.25) is 19.2 Å². The van der Waals surface area contributed by atoms with Crippen LogP contribution in [0.1, 0.15) is 47.0 Å². The number of carbonyl (C=O) groups excluding carboxylic acids is 4. The van der Waals surface area contributed by atoms with Crippen LogP contribution in [0, 0.1) is 5.41 Å². The van der Waals surface area contributed by atoms with Crippen LogP contribution in [0.15, 0.2) is 0 Å². The second kappa shape index (κ2) is 6.88. The third kappa shape index (κ3) is 4.65. The predicted octanol–water partition coefficient (Wildman–Crippen LogP) is 1.36. The molecule has 0 aliphatic rings. The van der Waals surface area contributed by atoms with Crippen LogP contribution in [0.5, 0.6) is 0 Å². The van der Waals surface area contributed by atoms with Gasteiger partial charge in [0, 0.05) is 13.8 Å². The van der Waals surface area contributed by atoms with E-state index in [0.717, 1.165) is 13.8 Å². The van der Waals surface area contributed by atoms with Gasteiger partial charge >= 0.3 is 23.9 Å². The van der Waals surface area contributed by atoms with E-state index >= 15 is 0 Å². The Hall–Kier alpha value is -1.72. The van der Waals surface area contributed by atoms with E-state index in [2.05, 4.69) is 9.47 Å². The van der Waals surface area contributed by atoms with Crippen LogP contribution in [0.4, 0.5) is 0 Å². The van der Waals surface area contributed by atoms with Crippen LogP contribution in [0.2, 0.25) is 0 Å². The molecule has 0 saturated carbocycles. The van der Waals surface area contributed by atoms with E-state index < -0.39 is 29.3 Å². The highest BCUT2D eigenvalue weighted by atomic mass is 16.6. The first kappa shape index (κ1) is 16.3. The molecule has 0 aromatic rings. The first-order valence-electron chi connectivity index (χ1n) is 5.71. The number of esters is 4. The van der Waals surface area contributed by atoms with Crippen LogP contribution >= 0.6 is 0 Å². The number of carbonyl (C=O) groups is 4. The summed E-state index contributed by atoms with van der Waals surface area (Å²) in [5.41, 5.74) is -1.13. The maximum Gasteiger partial charge on any atom is 0.320 e. The van der Waals surface area contributed by atoms with Crippen molar-refractivity contribution in [2.24, 2.45) is 5.41 Å². The van der Waals surface area contributed by atoms with E-state index in [4.69, 9.17) is 0 Å². The van der Waals surface area contributed by atoms with Crippen LogP contribution in [0.3, 0.4) is 0 Å². The Morgan fingerprint density at radius 3 is 1.67 bits per heavy atom. The van der Waals surface area contributed by atoms with Crippen molar-refractivity contribution in [2.75, 3.05) is 0 Å². The van der Waals surface area contributed by atoms with Crippen molar-refractivity contribution < 1.29 is 28.7 Å². The third-order valence-corrected chi connectivity index (χ3v) is 2.76. The largest absolute Gasteiger partial charge is 0.393 e. The average molecular weight is 258 g/mol. The summed E-state index contributed by atoms with van der Waals surface area (Å²) in [4.78, 5) is 44.7. The van der Waals surface area contributed by atoms with Gasteiger partial charge in [-0.2, -0.15) is 0 Å². The van der Waals surface area contributed by atoms with Crippen molar-refractivity contribution in [2.45, 2.75) is 47.0 Å². The molecule has 0 rings (SSSR count). The molecule has 0 amide bonds. The van der Waals surface area contributed by atoms with Crippen LogP contribution in [-0.4, -0.2) is 23.9 Å². The Balaban J connectivity index is 4.91. The van der Waals surface area contributed by atoms with E-state index in [0.29, 0.717) is 12.8 Å². The van der Waals surface area contributed by atoms with E-state index in [1.165, 1.54) is 0 Å². The molecule has 6 nitrogen and oxygen atoms in total. The Labute approximate surface area is 106 Å². The SMILES string of the molecule is CCC(CC)(CC(=O)OC(C)=O)C(=O)OC(C)=O. The minimum absolute atomic E-state index is 0.286. The van der Waals surface area contributed by atoms with E-state index in [9.17, 15) is 19.2 Å². The molecule has 102 valence electrons. The quantitative estimate of drug-likeness (QED) is 0.546. The summed E-state index contributed by atoms with van der Waals surface area (Å²) in [6, 6.07) is 0. The zero-order valence-electron chi connectivity index (χ0n) is 11.1. The Bertz CT molecular complexity index is 354. The first-order chi connectivity index (χ1) is 8.27. The molecule has 0 aliphatic heterocycles. The molecular formula is C12H18O6. The molecule has 0 radical (unpaired) electrons. The number of ether oxygens (including phenoxy) is 2. The molecule has 0 spiro atoms. The topological polar surface area (TPSA) is 86.7 Å². The van der Waals surface area contributed by atoms with Gasteiger partial charge in [-0.25, -0.2) is 0 Å². The molecule has 0 bridgehead atoms. The summed E-state index contributed by atoms with van der Waals surface area (Å²) in [6.07, 6.45) is 0.330. The van der Waals surface area contributed by atoms with Gasteiger partial charge in [-0.1, -0.05) is 13.8 Å². The summed E-state index contributed by atoms with van der Waals surface area (Å²) < 4.78 is 8.93. The summed E-state index contributed by atoms with van der Waals surface area (Å²) >= 11 is 0. The molecule has 0 atom stereocenters. The Kier molecular flexibility index (Phi) is 6.22. The van der Waals surface area contributed by atoms with Crippen molar-refractivity contribution in [3.8, 4) is 0 Å². The number of rotatable bonds is 5. The molecule has 0 N–H and O–H groups in total. The van der Waals surface area contributed by atoms with Crippen molar-refractivity contribution >= 4 is 23.9 Å². The summed E-state index contributed by atoms with van der Waals surface area (Å²) in [7, 11) is 0. The second-order valence-electron chi connectivity index (χ2n) is 4.01. The summed E-state index contributed by atoms with van der Waals surface area (Å²) in [5, 5.41) is 0. The fourth-order valence-electron chi connectivity index (χ4n) is 1.57. The smallest absolute Gasteiger partial charge is 0.320 e. The van der Waals surface area contributed by atoms with E-state index in [-0.39, 0.29) is 6.42 Å². The Morgan fingerprint density at radius 2 is 1.33 bits per heavy atom. The van der Waals surface area contributed by atoms with E-state index in [1.54, 1.807) is 13.8 Å². The van der Waals surface area contributed by atoms with Gasteiger partial charge in [-0.15, -0.1) is 0 Å². The van der Waals surface area contributed by atoms with Crippen molar-refractivity contribution in [1.82, 2.24) is 0 Å². The fourth-order valence-corrected chi connectivity index (χ4v) is 1.57. The van der Waals surface area contributed by atoms with Crippen LogP contribution < -0.4 is 0 Å². The van der Waals surface area contributed by atoms with Gasteiger partial charge in [0.15, 0.2) is 0 Å². The molecule has 6 heteroatoms. The molecule has 0 aromatic carbocycles. The standard InChI is InChI=1S/C12H18O6/c1-5-12(6-2,11(16)18-9(4)14)7-10(15)17-8(3)13/h5-7H2,1-4H3. The van der Waals surface area contributed by atoms with E-state index in [1.807, 2.05) is 0 Å². The average Bonchev–Trinajstić information content (AvgIpc) is 2.23. The lowest BCUT2D eigenvalue weighted by Gasteiger charge is -2.26. The number of hydrogen-bond acceptors (Lipinski definition) is 6. The lowest BCUT2D eigenvalue weighted by atomic mass is 9.79. The summed E-state index contributed by atoms with van der Waals surface area (Å²) in [5.74, 6) is -3.03. The highest BCUT2D eigenvalue weighted by Crippen LogP contribution is 2.32. The normalized spacial score (nSPS) is 10.7. The first-order valence-corrected chi connectivity index (χ1v) is 5.71. The molecule has 0 saturated heterocycles. The van der Waals surface area contributed by atoms with Gasteiger partial charge in [0.05, 0.1) is 11.8 Å². The molecule has 0 aromatic heterocycles. The zero-order valence-corrected chi connectivity index (χ0v) is 11.1. The monoisotopic (exact) mass is 258 g/mol. The van der Waals surface area contributed by atoms with Crippen LogP contribution in [0.25, 0.3) is 0 Å². The number of hydrogen-bond donors (Lipinski definition) is 0. The third-order valence-electron chi connectivity index (χ3n) is 2.76. The van der Waals surface area contributed by atoms with Gasteiger partial charge < -0.3 is 9.47 Å². The maximum atomic E-state index is 11.8. The van der Waals surface area contributed by atoms with Crippen molar-refractivity contribution in [3.05, 3.63) is 0 Å². The lowest BCUT2D eigenvalue weighted by Crippen LogP contribution is -2.36. The van der Waals surface area contributed by atoms with Crippen molar-refractivity contribution in [1.29, 1.82) is 0 Å². The highest BCUT2D eigenvalue weighted by Gasteiger charge is 2.40.